The molecule has 2 unspecified atom stereocenters. The van der Waals surface area contributed by atoms with Gasteiger partial charge in [-0.25, -0.2) is 8.78 Å². The summed E-state index contributed by atoms with van der Waals surface area (Å²) in [6, 6.07) is 8.32. The Morgan fingerprint density at radius 2 is 1.85 bits per heavy atom. The molecule has 0 amide bonds. The highest BCUT2D eigenvalue weighted by Gasteiger charge is 2.44. The SMILES string of the molecule is C#CCC1CC(=O)C(c2c(F)cc(-c3ccc(F)cc3)cc2OC)C1=O. The first-order valence-electron chi connectivity index (χ1n) is 8.09. The Morgan fingerprint density at radius 1 is 1.15 bits per heavy atom. The fraction of sp³-hybridized carbons (Fsp3) is 0.238. The zero-order valence-electron chi connectivity index (χ0n) is 14.1. The maximum Gasteiger partial charge on any atom is 0.152 e. The molecular formula is C21H16F2O3. The van der Waals surface area contributed by atoms with E-state index in [1.54, 1.807) is 6.07 Å². The number of hydrogen-bond donors (Lipinski definition) is 0. The highest BCUT2D eigenvalue weighted by atomic mass is 19.1. The van der Waals surface area contributed by atoms with Crippen molar-refractivity contribution in [1.29, 1.82) is 0 Å². The summed E-state index contributed by atoms with van der Waals surface area (Å²) in [5, 5.41) is 0. The zero-order chi connectivity index (χ0) is 18.8. The van der Waals surface area contributed by atoms with E-state index >= 15 is 0 Å². The summed E-state index contributed by atoms with van der Waals surface area (Å²) < 4.78 is 33.2. The minimum absolute atomic E-state index is 0.00993. The number of halogens is 2. The summed E-state index contributed by atoms with van der Waals surface area (Å²) in [7, 11) is 1.34. The van der Waals surface area contributed by atoms with Gasteiger partial charge < -0.3 is 4.74 Å². The minimum Gasteiger partial charge on any atom is -0.496 e. The van der Waals surface area contributed by atoms with Gasteiger partial charge in [0.05, 0.1) is 7.11 Å². The number of ether oxygens (including phenoxy) is 1. The number of terminal acetylenes is 1. The highest BCUT2D eigenvalue weighted by Crippen LogP contribution is 2.41. The van der Waals surface area contributed by atoms with Gasteiger partial charge >= 0.3 is 0 Å². The molecule has 0 N–H and O–H groups in total. The summed E-state index contributed by atoms with van der Waals surface area (Å²) in [4.78, 5) is 24.9. The van der Waals surface area contributed by atoms with Gasteiger partial charge in [0.25, 0.3) is 0 Å². The van der Waals surface area contributed by atoms with Crippen LogP contribution in [-0.2, 0) is 9.59 Å². The van der Waals surface area contributed by atoms with Crippen molar-refractivity contribution < 1.29 is 23.1 Å². The van der Waals surface area contributed by atoms with Gasteiger partial charge in [-0.2, -0.15) is 0 Å². The quantitative estimate of drug-likeness (QED) is 0.618. The Morgan fingerprint density at radius 3 is 2.46 bits per heavy atom. The van der Waals surface area contributed by atoms with Crippen LogP contribution in [0.1, 0.15) is 24.3 Å². The minimum atomic E-state index is -1.20. The maximum atomic E-state index is 14.9. The first-order chi connectivity index (χ1) is 12.5. The first kappa shape index (κ1) is 17.8. The summed E-state index contributed by atoms with van der Waals surface area (Å²) in [6.07, 6.45) is 5.40. The van der Waals surface area contributed by atoms with E-state index in [1.807, 2.05) is 0 Å². The summed E-state index contributed by atoms with van der Waals surface area (Å²) in [6.45, 7) is 0. The number of rotatable bonds is 4. The second kappa shape index (κ2) is 7.09. The smallest absolute Gasteiger partial charge is 0.152 e. The van der Waals surface area contributed by atoms with Crippen LogP contribution in [0.25, 0.3) is 11.1 Å². The highest BCUT2D eigenvalue weighted by molar-refractivity contribution is 6.15. The predicted molar refractivity (Wildman–Crippen MR) is 92.7 cm³/mol. The molecule has 0 spiro atoms. The average molecular weight is 354 g/mol. The Hall–Kier alpha value is -3.00. The maximum absolute atomic E-state index is 14.9. The van der Waals surface area contributed by atoms with Gasteiger partial charge in [-0.1, -0.05) is 12.1 Å². The van der Waals surface area contributed by atoms with E-state index in [0.29, 0.717) is 11.1 Å². The van der Waals surface area contributed by atoms with E-state index in [-0.39, 0.29) is 35.7 Å². The van der Waals surface area contributed by atoms with Crippen LogP contribution in [0.2, 0.25) is 0 Å². The van der Waals surface area contributed by atoms with E-state index in [2.05, 4.69) is 5.92 Å². The third kappa shape index (κ3) is 3.11. The molecule has 0 heterocycles. The molecule has 0 aliphatic heterocycles. The molecule has 26 heavy (non-hydrogen) atoms. The Labute approximate surface area is 150 Å². The lowest BCUT2D eigenvalue weighted by molar-refractivity contribution is -0.124. The summed E-state index contributed by atoms with van der Waals surface area (Å²) in [5.41, 5.74) is 0.985. The van der Waals surface area contributed by atoms with Crippen molar-refractivity contribution in [2.75, 3.05) is 7.11 Å². The van der Waals surface area contributed by atoms with Crippen molar-refractivity contribution in [1.82, 2.24) is 0 Å². The molecule has 1 fully saturated rings. The topological polar surface area (TPSA) is 43.4 Å². The lowest BCUT2D eigenvalue weighted by atomic mass is 9.90. The number of hydrogen-bond acceptors (Lipinski definition) is 3. The lowest BCUT2D eigenvalue weighted by Gasteiger charge is -2.16. The molecule has 2 atom stereocenters. The van der Waals surface area contributed by atoms with Crippen LogP contribution < -0.4 is 4.74 Å². The third-order valence-electron chi connectivity index (χ3n) is 4.60. The van der Waals surface area contributed by atoms with Crippen molar-refractivity contribution in [3.05, 3.63) is 53.6 Å². The normalized spacial score (nSPS) is 19.5. The number of methoxy groups -OCH3 is 1. The molecule has 1 aliphatic rings. The average Bonchev–Trinajstić information content (AvgIpc) is 2.89. The van der Waals surface area contributed by atoms with E-state index in [4.69, 9.17) is 11.2 Å². The molecule has 3 nitrogen and oxygen atoms in total. The predicted octanol–water partition coefficient (Wildman–Crippen LogP) is 3.91. The Balaban J connectivity index is 2.06. The van der Waals surface area contributed by atoms with Crippen LogP contribution in [0.3, 0.4) is 0 Å². The van der Waals surface area contributed by atoms with E-state index < -0.39 is 23.5 Å². The Bertz CT molecular complexity index is 910. The monoisotopic (exact) mass is 354 g/mol. The summed E-state index contributed by atoms with van der Waals surface area (Å²) in [5.74, 6) is -1.15. The van der Waals surface area contributed by atoms with Gasteiger partial charge in [-0.05, 0) is 35.4 Å². The van der Waals surface area contributed by atoms with Crippen LogP contribution >= 0.6 is 0 Å². The summed E-state index contributed by atoms with van der Waals surface area (Å²) >= 11 is 0. The van der Waals surface area contributed by atoms with Gasteiger partial charge in [-0.15, -0.1) is 12.3 Å². The molecular weight excluding hydrogens is 338 g/mol. The molecule has 0 bridgehead atoms. The second-order valence-electron chi connectivity index (χ2n) is 6.19. The van der Waals surface area contributed by atoms with Crippen molar-refractivity contribution in [3.8, 4) is 29.2 Å². The first-order valence-corrected chi connectivity index (χ1v) is 8.09. The zero-order valence-corrected chi connectivity index (χ0v) is 14.1. The van der Waals surface area contributed by atoms with Crippen molar-refractivity contribution >= 4 is 11.6 Å². The van der Waals surface area contributed by atoms with E-state index in [1.165, 1.54) is 37.4 Å². The number of Topliss-reactive ketones (excluding diaryl/α,β-unsaturated/α-hetero) is 2. The number of carbonyl (C=O) groups excluding carboxylic acids is 2. The van der Waals surface area contributed by atoms with Gasteiger partial charge in [0.2, 0.25) is 0 Å². The van der Waals surface area contributed by atoms with Crippen LogP contribution in [0.5, 0.6) is 5.75 Å². The second-order valence-corrected chi connectivity index (χ2v) is 6.19. The largest absolute Gasteiger partial charge is 0.496 e. The molecule has 132 valence electrons. The van der Waals surface area contributed by atoms with Crippen molar-refractivity contribution in [2.45, 2.75) is 18.8 Å². The molecule has 2 aromatic rings. The van der Waals surface area contributed by atoms with Gasteiger partial charge in [0, 0.05) is 24.3 Å². The molecule has 0 radical (unpaired) electrons. The number of ketones is 2. The van der Waals surface area contributed by atoms with Gasteiger partial charge in [0.1, 0.15) is 29.1 Å². The third-order valence-corrected chi connectivity index (χ3v) is 4.60. The molecule has 2 aromatic carbocycles. The van der Waals surface area contributed by atoms with Crippen LogP contribution in [-0.4, -0.2) is 18.7 Å². The van der Waals surface area contributed by atoms with Crippen LogP contribution in [0.15, 0.2) is 36.4 Å². The van der Waals surface area contributed by atoms with Gasteiger partial charge in [-0.3, -0.25) is 9.59 Å². The van der Waals surface area contributed by atoms with Crippen LogP contribution in [0.4, 0.5) is 8.78 Å². The number of carbonyl (C=O) groups is 2. The van der Waals surface area contributed by atoms with Crippen molar-refractivity contribution in [2.24, 2.45) is 5.92 Å². The van der Waals surface area contributed by atoms with Crippen LogP contribution in [0, 0.1) is 29.9 Å². The van der Waals surface area contributed by atoms with Gasteiger partial charge in [0.15, 0.2) is 5.78 Å². The van der Waals surface area contributed by atoms with E-state index in [0.717, 1.165) is 0 Å². The fourth-order valence-electron chi connectivity index (χ4n) is 3.32. The molecule has 1 saturated carbocycles. The lowest BCUT2D eigenvalue weighted by Crippen LogP contribution is -2.17. The Kier molecular flexibility index (Phi) is 4.85. The molecule has 1 aliphatic carbocycles. The molecule has 3 rings (SSSR count). The molecule has 0 aromatic heterocycles. The fourth-order valence-corrected chi connectivity index (χ4v) is 3.32. The number of benzene rings is 2. The molecule has 0 saturated heterocycles. The van der Waals surface area contributed by atoms with Crippen molar-refractivity contribution in [3.63, 3.8) is 0 Å². The van der Waals surface area contributed by atoms with E-state index in [9.17, 15) is 18.4 Å². The standard InChI is InChI=1S/C21H16F2O3/c1-3-4-13-10-17(24)20(21(13)25)19-16(23)9-14(11-18(19)26-2)12-5-7-15(22)8-6-12/h1,5-9,11,13,20H,4,10H2,2H3. The molecule has 5 heteroatoms.